The molecule has 2 nitrogen and oxygen atoms in total. The predicted octanol–water partition coefficient (Wildman–Crippen LogP) is 3.55. The van der Waals surface area contributed by atoms with E-state index >= 15 is 0 Å². The Balaban J connectivity index is 2.13. The molecule has 1 aliphatic heterocycles. The van der Waals surface area contributed by atoms with Crippen molar-refractivity contribution in [2.24, 2.45) is 5.73 Å². The predicted molar refractivity (Wildman–Crippen MR) is 74.0 cm³/mol. The first-order chi connectivity index (χ1) is 9.58. The molecular formula is C15H12ClF2NO. The van der Waals surface area contributed by atoms with Crippen LogP contribution in [0.1, 0.15) is 5.56 Å². The second-order valence-corrected chi connectivity index (χ2v) is 5.19. The van der Waals surface area contributed by atoms with Crippen molar-refractivity contribution in [2.75, 3.05) is 6.54 Å². The molecule has 5 heteroatoms. The quantitative estimate of drug-likeness (QED) is 0.919. The van der Waals surface area contributed by atoms with Crippen LogP contribution in [0.4, 0.5) is 8.78 Å². The lowest BCUT2D eigenvalue weighted by Gasteiger charge is -2.11. The van der Waals surface area contributed by atoms with Gasteiger partial charge >= 0.3 is 0 Å². The summed E-state index contributed by atoms with van der Waals surface area (Å²) in [6.45, 7) is 0.392. The summed E-state index contributed by atoms with van der Waals surface area (Å²) in [5.41, 5.74) is 7.74. The summed E-state index contributed by atoms with van der Waals surface area (Å²) >= 11 is 6.09. The molecule has 2 N–H and O–H groups in total. The fraction of sp³-hybridized carbons (Fsp3) is 0.200. The molecule has 0 aromatic heterocycles. The van der Waals surface area contributed by atoms with E-state index in [1.807, 2.05) is 6.07 Å². The van der Waals surface area contributed by atoms with Gasteiger partial charge in [-0.3, -0.25) is 0 Å². The van der Waals surface area contributed by atoms with Gasteiger partial charge in [0.05, 0.1) is 0 Å². The third-order valence-electron chi connectivity index (χ3n) is 3.36. The molecule has 0 amide bonds. The maximum atomic E-state index is 13.4. The number of ether oxygens (including phenoxy) is 1. The van der Waals surface area contributed by atoms with Gasteiger partial charge in [-0.15, -0.1) is 0 Å². The van der Waals surface area contributed by atoms with E-state index in [4.69, 9.17) is 22.1 Å². The van der Waals surface area contributed by atoms with Crippen molar-refractivity contribution in [1.29, 1.82) is 0 Å². The Labute approximate surface area is 120 Å². The highest BCUT2D eigenvalue weighted by Crippen LogP contribution is 2.41. The van der Waals surface area contributed by atoms with Crippen LogP contribution in [0.15, 0.2) is 30.3 Å². The molecule has 1 heterocycles. The van der Waals surface area contributed by atoms with Gasteiger partial charge < -0.3 is 10.5 Å². The number of benzene rings is 2. The Morgan fingerprint density at radius 2 is 2.00 bits per heavy atom. The fourth-order valence-electron chi connectivity index (χ4n) is 2.40. The van der Waals surface area contributed by atoms with Gasteiger partial charge in [-0.1, -0.05) is 17.7 Å². The van der Waals surface area contributed by atoms with E-state index < -0.39 is 11.6 Å². The van der Waals surface area contributed by atoms with Gasteiger partial charge in [0, 0.05) is 23.6 Å². The van der Waals surface area contributed by atoms with Crippen LogP contribution in [0, 0.1) is 11.6 Å². The van der Waals surface area contributed by atoms with E-state index in [2.05, 4.69) is 0 Å². The first-order valence-corrected chi connectivity index (χ1v) is 6.61. The molecule has 3 rings (SSSR count). The number of hydrogen-bond donors (Lipinski definition) is 1. The zero-order chi connectivity index (χ0) is 14.3. The molecule has 104 valence electrons. The molecule has 0 saturated heterocycles. The summed E-state index contributed by atoms with van der Waals surface area (Å²) in [6, 6.07) is 7.24. The van der Waals surface area contributed by atoms with Crippen molar-refractivity contribution in [3.8, 4) is 16.9 Å². The molecule has 0 bridgehead atoms. The van der Waals surface area contributed by atoms with Crippen molar-refractivity contribution < 1.29 is 13.5 Å². The molecule has 0 spiro atoms. The number of fused-ring (bicyclic) bond motifs is 1. The number of rotatable bonds is 2. The Morgan fingerprint density at radius 1 is 1.20 bits per heavy atom. The highest BCUT2D eigenvalue weighted by molar-refractivity contribution is 6.31. The van der Waals surface area contributed by atoms with Crippen molar-refractivity contribution in [3.63, 3.8) is 0 Å². The van der Waals surface area contributed by atoms with E-state index in [9.17, 15) is 8.78 Å². The lowest BCUT2D eigenvalue weighted by Crippen LogP contribution is -2.24. The van der Waals surface area contributed by atoms with E-state index in [0.29, 0.717) is 34.9 Å². The minimum atomic E-state index is -0.899. The smallest absolute Gasteiger partial charge is 0.159 e. The minimum absolute atomic E-state index is 0.104. The van der Waals surface area contributed by atoms with Gasteiger partial charge in [-0.25, -0.2) is 8.78 Å². The summed E-state index contributed by atoms with van der Waals surface area (Å²) in [6.07, 6.45) is 0.566. The fourth-order valence-corrected chi connectivity index (χ4v) is 2.64. The Kier molecular flexibility index (Phi) is 3.36. The molecule has 1 aliphatic rings. The maximum absolute atomic E-state index is 13.4. The second-order valence-electron chi connectivity index (χ2n) is 4.75. The van der Waals surface area contributed by atoms with Crippen LogP contribution in [0.25, 0.3) is 11.1 Å². The van der Waals surface area contributed by atoms with Gasteiger partial charge in [0.15, 0.2) is 11.6 Å². The van der Waals surface area contributed by atoms with Crippen LogP contribution in [0.5, 0.6) is 5.75 Å². The summed E-state index contributed by atoms with van der Waals surface area (Å²) in [7, 11) is 0. The van der Waals surface area contributed by atoms with Crippen LogP contribution in [0.2, 0.25) is 5.02 Å². The molecule has 1 atom stereocenters. The van der Waals surface area contributed by atoms with E-state index in [1.165, 1.54) is 6.07 Å². The van der Waals surface area contributed by atoms with Gasteiger partial charge in [-0.05, 0) is 35.4 Å². The lowest BCUT2D eigenvalue weighted by molar-refractivity contribution is 0.242. The Morgan fingerprint density at radius 3 is 2.70 bits per heavy atom. The monoisotopic (exact) mass is 295 g/mol. The van der Waals surface area contributed by atoms with Gasteiger partial charge in [0.2, 0.25) is 0 Å². The second kappa shape index (κ2) is 5.04. The van der Waals surface area contributed by atoms with Crippen molar-refractivity contribution in [3.05, 3.63) is 52.6 Å². The molecule has 0 saturated carbocycles. The molecule has 0 fully saturated rings. The average Bonchev–Trinajstić information content (AvgIpc) is 2.83. The summed E-state index contributed by atoms with van der Waals surface area (Å²) in [5.74, 6) is -1.13. The van der Waals surface area contributed by atoms with E-state index in [0.717, 1.165) is 17.7 Å². The molecule has 2 aromatic rings. The molecular weight excluding hydrogens is 284 g/mol. The zero-order valence-electron chi connectivity index (χ0n) is 10.5. The lowest BCUT2D eigenvalue weighted by atomic mass is 10.0. The number of hydrogen-bond acceptors (Lipinski definition) is 2. The minimum Gasteiger partial charge on any atom is -0.488 e. The SMILES string of the molecule is NCC1Cc2cc(Cl)cc(-c3ccc(F)c(F)c3)c2O1. The molecule has 1 unspecified atom stereocenters. The van der Waals surface area contributed by atoms with E-state index in [1.54, 1.807) is 6.07 Å². The first-order valence-electron chi connectivity index (χ1n) is 6.23. The summed E-state index contributed by atoms with van der Waals surface area (Å²) in [5, 5.41) is 0.532. The molecule has 0 aliphatic carbocycles. The normalized spacial score (nSPS) is 16.9. The maximum Gasteiger partial charge on any atom is 0.159 e. The number of nitrogens with two attached hydrogens (primary N) is 1. The van der Waals surface area contributed by atoms with Crippen LogP contribution < -0.4 is 10.5 Å². The van der Waals surface area contributed by atoms with Crippen LogP contribution in [-0.4, -0.2) is 12.6 Å². The Bertz CT molecular complexity index is 675. The van der Waals surface area contributed by atoms with Crippen molar-refractivity contribution >= 4 is 11.6 Å². The number of halogens is 3. The molecule has 0 radical (unpaired) electrons. The highest BCUT2D eigenvalue weighted by Gasteiger charge is 2.25. The third-order valence-corrected chi connectivity index (χ3v) is 3.57. The highest BCUT2D eigenvalue weighted by atomic mass is 35.5. The van der Waals surface area contributed by atoms with Crippen LogP contribution >= 0.6 is 11.6 Å². The van der Waals surface area contributed by atoms with Crippen molar-refractivity contribution in [2.45, 2.75) is 12.5 Å². The van der Waals surface area contributed by atoms with Crippen LogP contribution in [-0.2, 0) is 6.42 Å². The average molecular weight is 296 g/mol. The summed E-state index contributed by atoms with van der Waals surface area (Å²) in [4.78, 5) is 0. The van der Waals surface area contributed by atoms with Crippen molar-refractivity contribution in [1.82, 2.24) is 0 Å². The van der Waals surface area contributed by atoms with Gasteiger partial charge in [0.25, 0.3) is 0 Å². The zero-order valence-corrected chi connectivity index (χ0v) is 11.3. The van der Waals surface area contributed by atoms with Crippen LogP contribution in [0.3, 0.4) is 0 Å². The summed E-state index contributed by atoms with van der Waals surface area (Å²) < 4.78 is 32.2. The molecule has 2 aromatic carbocycles. The molecule has 20 heavy (non-hydrogen) atoms. The standard InChI is InChI=1S/C15H12ClF2NO/c16-10-3-9-4-11(7-19)20-15(9)12(6-10)8-1-2-13(17)14(18)5-8/h1-3,5-6,11H,4,7,19H2. The van der Waals surface area contributed by atoms with E-state index in [-0.39, 0.29) is 6.10 Å². The van der Waals surface area contributed by atoms with Gasteiger partial charge in [0.1, 0.15) is 11.9 Å². The topological polar surface area (TPSA) is 35.2 Å². The third kappa shape index (κ3) is 2.25. The Hall–Kier alpha value is -1.65. The van der Waals surface area contributed by atoms with Gasteiger partial charge in [-0.2, -0.15) is 0 Å². The largest absolute Gasteiger partial charge is 0.488 e. The first kappa shape index (κ1) is 13.3.